The Hall–Kier alpha value is -2.14. The lowest BCUT2D eigenvalue weighted by atomic mass is 9.88. The van der Waals surface area contributed by atoms with Crippen molar-refractivity contribution in [2.24, 2.45) is 11.8 Å². The third-order valence-electron chi connectivity index (χ3n) is 5.21. The number of rotatable bonds is 6. The molecular formula is C20H24N2O3. The Kier molecular flexibility index (Phi) is 4.83. The van der Waals surface area contributed by atoms with Crippen molar-refractivity contribution >= 4 is 5.91 Å². The SMILES string of the molecule is O=C(c1cnoc1)N1CC[C@H](OCC2CC2)[C@H](Cc2ccccc2)C1. The first kappa shape index (κ1) is 16.3. The second-order valence-corrected chi connectivity index (χ2v) is 7.22. The summed E-state index contributed by atoms with van der Waals surface area (Å²) in [5.41, 5.74) is 1.82. The molecule has 1 saturated carbocycles. The van der Waals surface area contributed by atoms with Crippen molar-refractivity contribution in [3.63, 3.8) is 0 Å². The van der Waals surface area contributed by atoms with Gasteiger partial charge < -0.3 is 14.2 Å². The van der Waals surface area contributed by atoms with E-state index in [4.69, 9.17) is 9.26 Å². The molecule has 1 aliphatic heterocycles. The van der Waals surface area contributed by atoms with E-state index in [9.17, 15) is 4.79 Å². The van der Waals surface area contributed by atoms with Gasteiger partial charge in [-0.25, -0.2) is 0 Å². The topological polar surface area (TPSA) is 55.6 Å². The molecule has 4 rings (SSSR count). The van der Waals surface area contributed by atoms with Gasteiger partial charge in [-0.15, -0.1) is 0 Å². The lowest BCUT2D eigenvalue weighted by molar-refractivity contribution is -0.0326. The number of amides is 1. The van der Waals surface area contributed by atoms with Gasteiger partial charge in [-0.3, -0.25) is 4.79 Å². The summed E-state index contributed by atoms with van der Waals surface area (Å²) in [4.78, 5) is 14.5. The number of ether oxygens (including phenoxy) is 1. The van der Waals surface area contributed by atoms with Crippen LogP contribution in [-0.2, 0) is 11.2 Å². The van der Waals surface area contributed by atoms with Gasteiger partial charge >= 0.3 is 0 Å². The van der Waals surface area contributed by atoms with Crippen molar-refractivity contribution in [2.45, 2.75) is 31.8 Å². The molecule has 0 bridgehead atoms. The minimum absolute atomic E-state index is 0.0000420. The highest BCUT2D eigenvalue weighted by atomic mass is 16.5. The fourth-order valence-electron chi connectivity index (χ4n) is 3.56. The highest BCUT2D eigenvalue weighted by Crippen LogP contribution is 2.32. The zero-order valence-electron chi connectivity index (χ0n) is 14.3. The molecule has 1 saturated heterocycles. The maximum Gasteiger partial charge on any atom is 0.258 e. The molecule has 2 fully saturated rings. The summed E-state index contributed by atoms with van der Waals surface area (Å²) in [7, 11) is 0. The number of piperidine rings is 1. The Morgan fingerprint density at radius 1 is 1.24 bits per heavy atom. The molecule has 2 aromatic rings. The standard InChI is InChI=1S/C20H24N2O3/c23-20(18-11-21-25-14-18)22-9-8-19(24-13-16-6-7-16)17(12-22)10-15-4-2-1-3-5-15/h1-5,11,14,16-17,19H,6-10,12-13H2/t17-,19+/m1/s1. The molecule has 0 radical (unpaired) electrons. The second kappa shape index (κ2) is 7.40. The van der Waals surface area contributed by atoms with Crippen LogP contribution in [0.3, 0.4) is 0 Å². The maximum absolute atomic E-state index is 12.6. The number of nitrogens with zero attached hydrogens (tertiary/aromatic N) is 2. The van der Waals surface area contributed by atoms with Crippen LogP contribution in [0.1, 0.15) is 35.2 Å². The summed E-state index contributed by atoms with van der Waals surface area (Å²) in [5.74, 6) is 1.08. The molecule has 2 atom stereocenters. The summed E-state index contributed by atoms with van der Waals surface area (Å²) in [6.07, 6.45) is 7.56. The number of carbonyl (C=O) groups excluding carboxylic acids is 1. The Balaban J connectivity index is 1.45. The number of hydrogen-bond donors (Lipinski definition) is 0. The van der Waals surface area contributed by atoms with Crippen molar-refractivity contribution < 1.29 is 14.1 Å². The molecule has 1 aliphatic carbocycles. The minimum Gasteiger partial charge on any atom is -0.377 e. The fraction of sp³-hybridized carbons (Fsp3) is 0.500. The van der Waals surface area contributed by atoms with Crippen molar-refractivity contribution in [1.29, 1.82) is 0 Å². The zero-order chi connectivity index (χ0) is 17.1. The number of carbonyl (C=O) groups is 1. The molecule has 132 valence electrons. The quantitative estimate of drug-likeness (QED) is 0.810. The van der Waals surface area contributed by atoms with Gasteiger partial charge in [0.25, 0.3) is 5.91 Å². The summed E-state index contributed by atoms with van der Waals surface area (Å²) in [5, 5.41) is 3.65. The monoisotopic (exact) mass is 340 g/mol. The normalized spacial score (nSPS) is 23.6. The van der Waals surface area contributed by atoms with E-state index in [-0.39, 0.29) is 12.0 Å². The third kappa shape index (κ3) is 4.10. The van der Waals surface area contributed by atoms with E-state index in [1.807, 2.05) is 11.0 Å². The van der Waals surface area contributed by atoms with Crippen molar-refractivity contribution in [2.75, 3.05) is 19.7 Å². The van der Waals surface area contributed by atoms with E-state index in [0.717, 1.165) is 31.9 Å². The molecule has 0 unspecified atom stereocenters. The first-order chi connectivity index (χ1) is 12.3. The van der Waals surface area contributed by atoms with Crippen LogP contribution in [0.5, 0.6) is 0 Å². The van der Waals surface area contributed by atoms with Gasteiger partial charge in [-0.05, 0) is 37.2 Å². The molecule has 2 heterocycles. The first-order valence-electron chi connectivity index (χ1n) is 9.14. The highest BCUT2D eigenvalue weighted by molar-refractivity contribution is 5.93. The van der Waals surface area contributed by atoms with Crippen LogP contribution in [0.25, 0.3) is 0 Å². The Bertz CT molecular complexity index is 682. The Morgan fingerprint density at radius 3 is 2.80 bits per heavy atom. The summed E-state index contributed by atoms with van der Waals surface area (Å²) in [6, 6.07) is 10.5. The van der Waals surface area contributed by atoms with Crippen LogP contribution in [0.2, 0.25) is 0 Å². The molecule has 5 heteroatoms. The van der Waals surface area contributed by atoms with E-state index < -0.39 is 0 Å². The molecule has 0 spiro atoms. The number of benzene rings is 1. The molecule has 1 aromatic heterocycles. The van der Waals surface area contributed by atoms with Crippen LogP contribution in [-0.4, -0.2) is 41.8 Å². The first-order valence-corrected chi connectivity index (χ1v) is 9.14. The van der Waals surface area contributed by atoms with Gasteiger partial charge in [0.2, 0.25) is 0 Å². The molecule has 1 aromatic carbocycles. The average molecular weight is 340 g/mol. The maximum atomic E-state index is 12.6. The van der Waals surface area contributed by atoms with E-state index in [0.29, 0.717) is 18.0 Å². The smallest absolute Gasteiger partial charge is 0.258 e. The van der Waals surface area contributed by atoms with Gasteiger partial charge in [0.15, 0.2) is 0 Å². The van der Waals surface area contributed by atoms with Gasteiger partial charge in [0, 0.05) is 25.6 Å². The van der Waals surface area contributed by atoms with Gasteiger partial charge in [0.05, 0.1) is 17.9 Å². The van der Waals surface area contributed by atoms with E-state index in [1.165, 1.54) is 30.9 Å². The van der Waals surface area contributed by atoms with E-state index >= 15 is 0 Å². The summed E-state index contributed by atoms with van der Waals surface area (Å²) >= 11 is 0. The van der Waals surface area contributed by atoms with Crippen molar-refractivity contribution in [3.05, 3.63) is 53.9 Å². The van der Waals surface area contributed by atoms with Crippen LogP contribution in [0, 0.1) is 11.8 Å². The second-order valence-electron chi connectivity index (χ2n) is 7.22. The average Bonchev–Trinajstić information content (AvgIpc) is 3.31. The molecule has 2 aliphatic rings. The van der Waals surface area contributed by atoms with Crippen LogP contribution in [0.4, 0.5) is 0 Å². The summed E-state index contributed by atoms with van der Waals surface area (Å²) in [6.45, 7) is 2.31. The summed E-state index contributed by atoms with van der Waals surface area (Å²) < 4.78 is 11.1. The van der Waals surface area contributed by atoms with Crippen LogP contribution < -0.4 is 0 Å². The van der Waals surface area contributed by atoms with Crippen molar-refractivity contribution in [1.82, 2.24) is 10.1 Å². The predicted molar refractivity (Wildman–Crippen MR) is 93.1 cm³/mol. The Morgan fingerprint density at radius 2 is 2.08 bits per heavy atom. The van der Waals surface area contributed by atoms with Crippen LogP contribution >= 0.6 is 0 Å². The van der Waals surface area contributed by atoms with Gasteiger partial charge in [-0.2, -0.15) is 0 Å². The molecule has 25 heavy (non-hydrogen) atoms. The molecule has 1 amide bonds. The fourth-order valence-corrected chi connectivity index (χ4v) is 3.56. The molecular weight excluding hydrogens is 316 g/mol. The van der Waals surface area contributed by atoms with Crippen LogP contribution in [0.15, 0.2) is 47.3 Å². The predicted octanol–water partition coefficient (Wildman–Crippen LogP) is 3.17. The lowest BCUT2D eigenvalue weighted by Gasteiger charge is -2.38. The third-order valence-corrected chi connectivity index (χ3v) is 5.21. The molecule has 5 nitrogen and oxygen atoms in total. The highest BCUT2D eigenvalue weighted by Gasteiger charge is 2.34. The van der Waals surface area contributed by atoms with E-state index in [1.54, 1.807) is 0 Å². The number of likely N-dealkylation sites (tertiary alicyclic amines) is 1. The zero-order valence-corrected chi connectivity index (χ0v) is 14.3. The van der Waals surface area contributed by atoms with Gasteiger partial charge in [0.1, 0.15) is 6.26 Å². The number of hydrogen-bond acceptors (Lipinski definition) is 4. The Labute approximate surface area is 147 Å². The van der Waals surface area contributed by atoms with E-state index in [2.05, 4.69) is 29.4 Å². The lowest BCUT2D eigenvalue weighted by Crippen LogP contribution is -2.47. The number of aromatic nitrogens is 1. The minimum atomic E-state index is -0.0000420. The van der Waals surface area contributed by atoms with Crippen molar-refractivity contribution in [3.8, 4) is 0 Å². The largest absolute Gasteiger partial charge is 0.377 e. The molecule has 0 N–H and O–H groups in total. The van der Waals surface area contributed by atoms with Gasteiger partial charge in [-0.1, -0.05) is 35.5 Å².